The third-order valence-corrected chi connectivity index (χ3v) is 2.14. The van der Waals surface area contributed by atoms with Crippen molar-refractivity contribution in [2.45, 2.75) is 18.4 Å². The zero-order valence-corrected chi connectivity index (χ0v) is 7.31. The van der Waals surface area contributed by atoms with E-state index in [1.807, 2.05) is 0 Å². The summed E-state index contributed by atoms with van der Waals surface area (Å²) in [6.45, 7) is 3.37. The lowest BCUT2D eigenvalue weighted by Gasteiger charge is -2.18. The quantitative estimate of drug-likeness (QED) is 0.592. The molecule has 0 aliphatic carbocycles. The Morgan fingerprint density at radius 2 is 2.25 bits per heavy atom. The first-order valence-corrected chi connectivity index (χ1v) is 3.77. The third kappa shape index (κ3) is 1.75. The summed E-state index contributed by atoms with van der Waals surface area (Å²) in [6, 6.07) is -0.343. The van der Waals surface area contributed by atoms with Gasteiger partial charge in [-0.1, -0.05) is 6.58 Å². The van der Waals surface area contributed by atoms with Crippen molar-refractivity contribution in [3.8, 4) is 0 Å². The predicted octanol–water partition coefficient (Wildman–Crippen LogP) is 1.49. The SMILES string of the molecule is C=C(OC)[C@@H]1CC(F)(F)CN1C. The van der Waals surface area contributed by atoms with Gasteiger partial charge in [0.05, 0.1) is 19.7 Å². The van der Waals surface area contributed by atoms with E-state index in [4.69, 9.17) is 4.74 Å². The van der Waals surface area contributed by atoms with Gasteiger partial charge in [-0.3, -0.25) is 4.90 Å². The Hall–Kier alpha value is -0.640. The van der Waals surface area contributed by atoms with Crippen molar-refractivity contribution in [2.75, 3.05) is 20.7 Å². The number of hydrogen-bond acceptors (Lipinski definition) is 2. The Labute approximate surface area is 70.8 Å². The Morgan fingerprint density at radius 3 is 2.58 bits per heavy atom. The van der Waals surface area contributed by atoms with Gasteiger partial charge in [-0.15, -0.1) is 0 Å². The van der Waals surface area contributed by atoms with Crippen LogP contribution in [0.2, 0.25) is 0 Å². The Bertz CT molecular complexity index is 193. The minimum absolute atomic E-state index is 0.184. The molecule has 1 aliphatic rings. The molecular formula is C8H13F2NO. The van der Waals surface area contributed by atoms with Crippen LogP contribution in [0, 0.1) is 0 Å². The summed E-state index contributed by atoms with van der Waals surface area (Å²) in [5.74, 6) is -2.18. The second-order valence-corrected chi connectivity index (χ2v) is 3.16. The molecule has 2 nitrogen and oxygen atoms in total. The van der Waals surface area contributed by atoms with Gasteiger partial charge in [0.1, 0.15) is 5.76 Å². The number of methoxy groups -OCH3 is 1. The molecule has 12 heavy (non-hydrogen) atoms. The van der Waals surface area contributed by atoms with E-state index in [2.05, 4.69) is 6.58 Å². The number of hydrogen-bond donors (Lipinski definition) is 0. The molecule has 0 N–H and O–H groups in total. The summed E-state index contributed by atoms with van der Waals surface area (Å²) in [7, 11) is 3.10. The van der Waals surface area contributed by atoms with Crippen LogP contribution >= 0.6 is 0 Å². The minimum atomic E-state index is -2.60. The second kappa shape index (κ2) is 3.01. The van der Waals surface area contributed by atoms with Crippen LogP contribution in [0.25, 0.3) is 0 Å². The standard InChI is InChI=1S/C8H13F2NO/c1-6(12-3)7-4-8(9,10)5-11(7)2/h7H,1,4-5H2,2-3H3/t7-/m0/s1. The molecule has 1 heterocycles. The predicted molar refractivity (Wildman–Crippen MR) is 42.1 cm³/mol. The van der Waals surface area contributed by atoms with Gasteiger partial charge in [0.2, 0.25) is 0 Å². The van der Waals surface area contributed by atoms with Crippen LogP contribution in [-0.2, 0) is 4.74 Å². The summed E-state index contributed by atoms with van der Waals surface area (Å²) >= 11 is 0. The number of alkyl halides is 2. The largest absolute Gasteiger partial charge is 0.500 e. The van der Waals surface area contributed by atoms with Crippen molar-refractivity contribution in [2.24, 2.45) is 0 Å². The molecule has 1 atom stereocenters. The number of nitrogens with zero attached hydrogens (tertiary/aromatic N) is 1. The van der Waals surface area contributed by atoms with Gasteiger partial charge >= 0.3 is 0 Å². The maximum atomic E-state index is 12.8. The van der Waals surface area contributed by atoms with Gasteiger partial charge in [0.25, 0.3) is 5.92 Å². The van der Waals surface area contributed by atoms with Crippen molar-refractivity contribution in [3.05, 3.63) is 12.3 Å². The highest BCUT2D eigenvalue weighted by molar-refractivity contribution is 5.04. The molecule has 0 aromatic heterocycles. The highest BCUT2D eigenvalue weighted by Crippen LogP contribution is 2.33. The van der Waals surface area contributed by atoms with E-state index in [-0.39, 0.29) is 19.0 Å². The fourth-order valence-corrected chi connectivity index (χ4v) is 1.47. The van der Waals surface area contributed by atoms with Crippen LogP contribution < -0.4 is 0 Å². The fourth-order valence-electron chi connectivity index (χ4n) is 1.47. The molecule has 4 heteroatoms. The van der Waals surface area contributed by atoms with Crippen LogP contribution in [0.5, 0.6) is 0 Å². The van der Waals surface area contributed by atoms with E-state index in [1.54, 1.807) is 11.9 Å². The van der Waals surface area contributed by atoms with E-state index >= 15 is 0 Å². The van der Waals surface area contributed by atoms with Crippen LogP contribution in [-0.4, -0.2) is 37.6 Å². The topological polar surface area (TPSA) is 12.5 Å². The van der Waals surface area contributed by atoms with Gasteiger partial charge in [-0.25, -0.2) is 8.78 Å². The zero-order chi connectivity index (χ0) is 9.35. The zero-order valence-electron chi connectivity index (χ0n) is 7.31. The molecule has 0 aromatic rings. The maximum absolute atomic E-state index is 12.8. The summed E-state index contributed by atoms with van der Waals surface area (Å²) in [5, 5.41) is 0. The lowest BCUT2D eigenvalue weighted by molar-refractivity contribution is 0.0139. The molecule has 1 aliphatic heterocycles. The highest BCUT2D eigenvalue weighted by atomic mass is 19.3. The molecule has 0 saturated carbocycles. The number of rotatable bonds is 2. The van der Waals surface area contributed by atoms with Gasteiger partial charge in [0, 0.05) is 6.42 Å². The van der Waals surface area contributed by atoms with E-state index in [9.17, 15) is 8.78 Å². The smallest absolute Gasteiger partial charge is 0.262 e. The molecule has 1 rings (SSSR count). The maximum Gasteiger partial charge on any atom is 0.262 e. The summed E-state index contributed by atoms with van der Waals surface area (Å²) in [5.41, 5.74) is 0. The number of likely N-dealkylation sites (tertiary alicyclic amines) is 1. The van der Waals surface area contributed by atoms with Crippen LogP contribution in [0.4, 0.5) is 8.78 Å². The second-order valence-electron chi connectivity index (χ2n) is 3.16. The molecule has 70 valence electrons. The summed E-state index contributed by atoms with van der Waals surface area (Å²) in [4.78, 5) is 1.56. The summed E-state index contributed by atoms with van der Waals surface area (Å²) in [6.07, 6.45) is -0.184. The third-order valence-electron chi connectivity index (χ3n) is 2.14. The average Bonchev–Trinajstić information content (AvgIpc) is 2.23. The first-order chi connectivity index (χ1) is 5.46. The van der Waals surface area contributed by atoms with Crippen molar-refractivity contribution < 1.29 is 13.5 Å². The number of halogens is 2. The Balaban J connectivity index is 2.64. The van der Waals surface area contributed by atoms with Gasteiger partial charge in [-0.05, 0) is 7.05 Å². The van der Waals surface area contributed by atoms with Crippen LogP contribution in [0.1, 0.15) is 6.42 Å². The lowest BCUT2D eigenvalue weighted by Crippen LogP contribution is -2.27. The van der Waals surface area contributed by atoms with E-state index < -0.39 is 5.92 Å². The Kier molecular flexibility index (Phi) is 2.37. The molecule has 0 bridgehead atoms. The average molecular weight is 177 g/mol. The molecule has 0 spiro atoms. The fraction of sp³-hybridized carbons (Fsp3) is 0.750. The Morgan fingerprint density at radius 1 is 1.67 bits per heavy atom. The highest BCUT2D eigenvalue weighted by Gasteiger charge is 2.44. The normalized spacial score (nSPS) is 28.8. The van der Waals surface area contributed by atoms with E-state index in [0.29, 0.717) is 5.76 Å². The monoisotopic (exact) mass is 177 g/mol. The number of ether oxygens (including phenoxy) is 1. The van der Waals surface area contributed by atoms with Crippen molar-refractivity contribution in [3.63, 3.8) is 0 Å². The van der Waals surface area contributed by atoms with Gasteiger partial charge < -0.3 is 4.74 Å². The van der Waals surface area contributed by atoms with E-state index in [1.165, 1.54) is 7.11 Å². The van der Waals surface area contributed by atoms with Crippen molar-refractivity contribution in [1.29, 1.82) is 0 Å². The molecule has 0 amide bonds. The van der Waals surface area contributed by atoms with Crippen molar-refractivity contribution in [1.82, 2.24) is 4.90 Å². The summed E-state index contributed by atoms with van der Waals surface area (Å²) < 4.78 is 30.4. The van der Waals surface area contributed by atoms with Gasteiger partial charge in [-0.2, -0.15) is 0 Å². The van der Waals surface area contributed by atoms with Gasteiger partial charge in [0.15, 0.2) is 0 Å². The molecule has 0 radical (unpaired) electrons. The van der Waals surface area contributed by atoms with Crippen molar-refractivity contribution >= 4 is 0 Å². The number of likely N-dealkylation sites (N-methyl/N-ethyl adjacent to an activating group) is 1. The van der Waals surface area contributed by atoms with E-state index in [0.717, 1.165) is 0 Å². The molecule has 1 fully saturated rings. The lowest BCUT2D eigenvalue weighted by atomic mass is 10.1. The molecular weight excluding hydrogens is 164 g/mol. The molecule has 1 saturated heterocycles. The molecule has 0 unspecified atom stereocenters. The van der Waals surface area contributed by atoms with Crippen LogP contribution in [0.3, 0.4) is 0 Å². The molecule has 0 aromatic carbocycles. The first-order valence-electron chi connectivity index (χ1n) is 3.77. The minimum Gasteiger partial charge on any atom is -0.500 e. The van der Waals surface area contributed by atoms with Crippen LogP contribution in [0.15, 0.2) is 12.3 Å². The first kappa shape index (κ1) is 9.45.